The van der Waals surface area contributed by atoms with Gasteiger partial charge in [-0.15, -0.1) is 11.3 Å². The number of methoxy groups -OCH3 is 1. The molecule has 154 valence electrons. The smallest absolute Gasteiger partial charge is 0.336 e. The summed E-state index contributed by atoms with van der Waals surface area (Å²) in [4.78, 5) is 13.4. The molecule has 5 heteroatoms. The van der Waals surface area contributed by atoms with Crippen molar-refractivity contribution in [3.05, 3.63) is 98.0 Å². The van der Waals surface area contributed by atoms with Crippen LogP contribution in [-0.2, 0) is 13.0 Å². The van der Waals surface area contributed by atoms with E-state index in [1.807, 2.05) is 12.1 Å². The van der Waals surface area contributed by atoms with Crippen LogP contribution in [0.1, 0.15) is 41.0 Å². The molecule has 0 bridgehead atoms. The Morgan fingerprint density at radius 2 is 1.93 bits per heavy atom. The minimum Gasteiger partial charge on any atom is -0.497 e. The molecule has 0 fully saturated rings. The predicted octanol–water partition coefficient (Wildman–Crippen LogP) is 5.69. The predicted molar refractivity (Wildman–Crippen MR) is 122 cm³/mol. The molecule has 0 spiro atoms. The average molecular weight is 420 g/mol. The van der Waals surface area contributed by atoms with Crippen LogP contribution in [0.2, 0.25) is 0 Å². The Labute approximate surface area is 180 Å². The van der Waals surface area contributed by atoms with Crippen molar-refractivity contribution in [2.45, 2.75) is 32.4 Å². The molecule has 0 radical (unpaired) electrons. The van der Waals surface area contributed by atoms with E-state index >= 15 is 0 Å². The number of thiophene rings is 1. The third-order valence-electron chi connectivity index (χ3n) is 5.21. The molecule has 1 atom stereocenters. The van der Waals surface area contributed by atoms with Gasteiger partial charge in [0.2, 0.25) is 0 Å². The zero-order valence-corrected chi connectivity index (χ0v) is 18.0. The molecule has 1 N–H and O–H groups in total. The average Bonchev–Trinajstić information content (AvgIpc) is 3.29. The molecule has 2 aromatic heterocycles. The Morgan fingerprint density at radius 1 is 1.10 bits per heavy atom. The van der Waals surface area contributed by atoms with Crippen molar-refractivity contribution >= 4 is 22.3 Å². The summed E-state index contributed by atoms with van der Waals surface area (Å²) in [5.41, 5.74) is 3.66. The summed E-state index contributed by atoms with van der Waals surface area (Å²) in [7, 11) is 1.60. The molecule has 0 saturated heterocycles. The van der Waals surface area contributed by atoms with Crippen LogP contribution in [0.5, 0.6) is 5.75 Å². The van der Waals surface area contributed by atoms with Crippen LogP contribution < -0.4 is 15.7 Å². The Morgan fingerprint density at radius 3 is 2.63 bits per heavy atom. The second kappa shape index (κ2) is 9.28. The largest absolute Gasteiger partial charge is 0.497 e. The summed E-state index contributed by atoms with van der Waals surface area (Å²) in [6, 6.07) is 20.2. The summed E-state index contributed by atoms with van der Waals surface area (Å²) in [5, 5.41) is 6.65. The van der Waals surface area contributed by atoms with Gasteiger partial charge in [0.05, 0.1) is 13.2 Å². The molecule has 4 aromatic rings. The molecule has 0 saturated carbocycles. The van der Waals surface area contributed by atoms with Crippen LogP contribution >= 0.6 is 11.3 Å². The minimum atomic E-state index is -0.357. The second-order valence-electron chi connectivity index (χ2n) is 7.27. The van der Waals surface area contributed by atoms with E-state index in [0.29, 0.717) is 17.9 Å². The van der Waals surface area contributed by atoms with Crippen molar-refractivity contribution in [2.75, 3.05) is 7.11 Å². The topological polar surface area (TPSA) is 51.5 Å². The van der Waals surface area contributed by atoms with Gasteiger partial charge in [0.25, 0.3) is 0 Å². The van der Waals surface area contributed by atoms with Gasteiger partial charge in [-0.25, -0.2) is 4.79 Å². The monoisotopic (exact) mass is 419 g/mol. The summed E-state index contributed by atoms with van der Waals surface area (Å²) < 4.78 is 10.6. The zero-order valence-electron chi connectivity index (χ0n) is 17.2. The molecule has 4 nitrogen and oxygen atoms in total. The highest BCUT2D eigenvalue weighted by molar-refractivity contribution is 7.10. The number of benzene rings is 2. The van der Waals surface area contributed by atoms with Crippen molar-refractivity contribution in [3.8, 4) is 5.75 Å². The van der Waals surface area contributed by atoms with E-state index in [-0.39, 0.29) is 11.7 Å². The first-order valence-corrected chi connectivity index (χ1v) is 11.0. The van der Waals surface area contributed by atoms with E-state index in [4.69, 9.17) is 9.15 Å². The van der Waals surface area contributed by atoms with Crippen LogP contribution in [0.15, 0.2) is 75.3 Å². The highest BCUT2D eigenvalue weighted by atomic mass is 32.1. The Balaban J connectivity index is 1.64. The number of nitrogens with one attached hydrogen (secondary N) is 1. The molecule has 0 aliphatic carbocycles. The summed E-state index contributed by atoms with van der Waals surface area (Å²) in [6.45, 7) is 2.74. The number of hydrogen-bond donors (Lipinski definition) is 1. The van der Waals surface area contributed by atoms with Crippen LogP contribution in [-0.4, -0.2) is 7.11 Å². The fraction of sp³-hybridized carbons (Fsp3) is 0.240. The van der Waals surface area contributed by atoms with Gasteiger partial charge in [0.15, 0.2) is 0 Å². The van der Waals surface area contributed by atoms with Crippen molar-refractivity contribution in [3.63, 3.8) is 0 Å². The SMILES string of the molecule is CCCc1ccc([C@@H](NCc2cc(=O)oc3cc(OC)ccc23)c2cccs2)cc1. The lowest BCUT2D eigenvalue weighted by Crippen LogP contribution is -2.22. The number of aryl methyl sites for hydroxylation is 1. The Bertz CT molecular complexity index is 1160. The molecular formula is C25H25NO3S. The fourth-order valence-corrected chi connectivity index (χ4v) is 4.53. The van der Waals surface area contributed by atoms with Gasteiger partial charge in [-0.3, -0.25) is 0 Å². The van der Waals surface area contributed by atoms with Gasteiger partial charge in [-0.2, -0.15) is 0 Å². The first-order valence-electron chi connectivity index (χ1n) is 10.1. The van der Waals surface area contributed by atoms with Crippen molar-refractivity contribution in [2.24, 2.45) is 0 Å². The number of fused-ring (bicyclic) bond motifs is 1. The lowest BCUT2D eigenvalue weighted by atomic mass is 10.0. The first kappa shape index (κ1) is 20.4. The van der Waals surface area contributed by atoms with E-state index in [0.717, 1.165) is 23.8 Å². The van der Waals surface area contributed by atoms with E-state index < -0.39 is 0 Å². The molecule has 0 unspecified atom stereocenters. The van der Waals surface area contributed by atoms with Crippen molar-refractivity contribution in [1.82, 2.24) is 5.32 Å². The highest BCUT2D eigenvalue weighted by Crippen LogP contribution is 2.28. The maximum absolute atomic E-state index is 12.1. The Kier molecular flexibility index (Phi) is 6.31. The number of ether oxygens (including phenoxy) is 1. The summed E-state index contributed by atoms with van der Waals surface area (Å²) in [6.07, 6.45) is 2.23. The molecule has 30 heavy (non-hydrogen) atoms. The normalized spacial score (nSPS) is 12.2. The summed E-state index contributed by atoms with van der Waals surface area (Å²) >= 11 is 1.73. The fourth-order valence-electron chi connectivity index (χ4n) is 3.70. The molecule has 2 heterocycles. The minimum absolute atomic E-state index is 0.0567. The first-order chi connectivity index (χ1) is 14.7. The quantitative estimate of drug-likeness (QED) is 0.373. The standard InChI is InChI=1S/C25H25NO3S/c1-3-5-17-7-9-18(10-8-17)25(23-6-4-13-30-23)26-16-19-14-24(27)29-22-15-20(28-2)11-12-21(19)22/h4,6-15,25-26H,3,5,16H2,1-2H3/t25-/m1/s1. The molecule has 0 amide bonds. The van der Waals surface area contributed by atoms with E-state index in [1.54, 1.807) is 30.6 Å². The van der Waals surface area contributed by atoms with E-state index in [9.17, 15) is 4.79 Å². The molecule has 4 rings (SSSR count). The van der Waals surface area contributed by atoms with Crippen LogP contribution in [0.3, 0.4) is 0 Å². The van der Waals surface area contributed by atoms with Gasteiger partial charge in [-0.1, -0.05) is 43.7 Å². The Hall–Kier alpha value is -2.89. The van der Waals surface area contributed by atoms with Crippen LogP contribution in [0.4, 0.5) is 0 Å². The van der Waals surface area contributed by atoms with E-state index in [1.165, 1.54) is 16.0 Å². The van der Waals surface area contributed by atoms with Gasteiger partial charge >= 0.3 is 5.63 Å². The maximum atomic E-state index is 12.1. The van der Waals surface area contributed by atoms with Crippen molar-refractivity contribution in [1.29, 1.82) is 0 Å². The second-order valence-corrected chi connectivity index (χ2v) is 8.25. The highest BCUT2D eigenvalue weighted by Gasteiger charge is 2.16. The molecular weight excluding hydrogens is 394 g/mol. The lowest BCUT2D eigenvalue weighted by Gasteiger charge is -2.19. The summed E-state index contributed by atoms with van der Waals surface area (Å²) in [5.74, 6) is 0.666. The molecule has 0 aliphatic heterocycles. The number of hydrogen-bond acceptors (Lipinski definition) is 5. The van der Waals surface area contributed by atoms with Crippen LogP contribution in [0.25, 0.3) is 11.0 Å². The van der Waals surface area contributed by atoms with E-state index in [2.05, 4.69) is 54.0 Å². The zero-order chi connectivity index (χ0) is 20.9. The lowest BCUT2D eigenvalue weighted by molar-refractivity contribution is 0.414. The maximum Gasteiger partial charge on any atom is 0.336 e. The van der Waals surface area contributed by atoms with Crippen molar-refractivity contribution < 1.29 is 9.15 Å². The number of rotatable bonds is 8. The van der Waals surface area contributed by atoms with Gasteiger partial charge in [0, 0.05) is 28.9 Å². The molecule has 2 aromatic carbocycles. The third-order valence-corrected chi connectivity index (χ3v) is 6.15. The molecule has 0 aliphatic rings. The van der Waals surface area contributed by atoms with Crippen LogP contribution in [0, 0.1) is 0 Å². The van der Waals surface area contributed by atoms with Gasteiger partial charge in [-0.05, 0) is 46.7 Å². The van der Waals surface area contributed by atoms with Gasteiger partial charge < -0.3 is 14.5 Å². The third kappa shape index (κ3) is 4.48. The van der Waals surface area contributed by atoms with Gasteiger partial charge in [0.1, 0.15) is 11.3 Å².